The molecule has 0 heterocycles. The number of nitro groups is 2. The van der Waals surface area contributed by atoms with E-state index in [1.807, 2.05) is 0 Å². The highest BCUT2D eigenvalue weighted by Crippen LogP contribution is 2.24. The van der Waals surface area contributed by atoms with E-state index >= 15 is 0 Å². The predicted octanol–water partition coefficient (Wildman–Crippen LogP) is 2.72. The average Bonchev–Trinajstić information content (AvgIpc) is 2.54. The number of carbonyl (C=O) groups is 2. The molecule has 0 bridgehead atoms. The number of hydrogen-bond acceptors (Lipinski definition) is 6. The number of rotatable bonds is 6. The fraction of sp³-hybridized carbons (Fsp3) is 0.0667. The Bertz CT molecular complexity index is 748. The van der Waals surface area contributed by atoms with Gasteiger partial charge in [-0.25, -0.2) is 0 Å². The molecule has 0 aliphatic heterocycles. The number of hydrogen-bond donors (Lipinski definition) is 0. The first-order chi connectivity index (χ1) is 11.0. The Morgan fingerprint density at radius 2 is 1.17 bits per heavy atom. The van der Waals surface area contributed by atoms with Gasteiger partial charge in [0.2, 0.25) is 0 Å². The molecule has 0 N–H and O–H groups in total. The molecular weight excluding hydrogens is 304 g/mol. The van der Waals surface area contributed by atoms with Gasteiger partial charge in [-0.2, -0.15) is 0 Å². The molecule has 8 heteroatoms. The third-order valence-corrected chi connectivity index (χ3v) is 3.25. The fourth-order valence-corrected chi connectivity index (χ4v) is 2.15. The van der Waals surface area contributed by atoms with Crippen molar-refractivity contribution in [1.29, 1.82) is 0 Å². The molecule has 2 rings (SSSR count). The van der Waals surface area contributed by atoms with Crippen LogP contribution in [0.4, 0.5) is 11.4 Å². The third kappa shape index (κ3) is 3.43. The third-order valence-electron chi connectivity index (χ3n) is 3.25. The second-order valence-corrected chi connectivity index (χ2v) is 4.71. The van der Waals surface area contributed by atoms with Crippen molar-refractivity contribution in [2.45, 2.75) is 6.42 Å². The Hall–Kier alpha value is -3.42. The van der Waals surface area contributed by atoms with Crippen molar-refractivity contribution in [2.75, 3.05) is 0 Å². The molecule has 0 unspecified atom stereocenters. The van der Waals surface area contributed by atoms with E-state index in [-0.39, 0.29) is 28.9 Å². The van der Waals surface area contributed by atoms with Crippen LogP contribution in [-0.4, -0.2) is 22.4 Å². The molecule has 0 saturated heterocycles. The van der Waals surface area contributed by atoms with Gasteiger partial charge < -0.3 is 0 Å². The predicted molar refractivity (Wildman–Crippen MR) is 79.8 cm³/mol. The Balaban J connectivity index is 2.39. The van der Waals surface area contributed by atoms with Crippen LogP contribution >= 0.6 is 0 Å². The molecule has 0 fully saturated rings. The van der Waals surface area contributed by atoms with Crippen molar-refractivity contribution in [3.05, 3.63) is 78.9 Å². The second-order valence-electron chi connectivity index (χ2n) is 4.71. The lowest BCUT2D eigenvalue weighted by Gasteiger charge is -2.04. The van der Waals surface area contributed by atoms with Crippen LogP contribution in [0.5, 0.6) is 0 Å². The van der Waals surface area contributed by atoms with E-state index in [2.05, 4.69) is 0 Å². The van der Waals surface area contributed by atoms with E-state index in [1.54, 1.807) is 0 Å². The summed E-state index contributed by atoms with van der Waals surface area (Å²) in [6.07, 6.45) is 0.983. The van der Waals surface area contributed by atoms with E-state index in [0.717, 1.165) is 0 Å². The van der Waals surface area contributed by atoms with Gasteiger partial charge in [0.25, 0.3) is 11.4 Å². The van der Waals surface area contributed by atoms with E-state index in [9.17, 15) is 29.8 Å². The standard InChI is InChI=1S/C15H10N2O6/c18-8-12-3-1-10(6-14(12)16(20)21)5-11-2-4-13(9-19)15(7-11)17(22)23/h1-4,6-9H,5H2. The fourth-order valence-electron chi connectivity index (χ4n) is 2.15. The summed E-state index contributed by atoms with van der Waals surface area (Å²) in [4.78, 5) is 42.1. The maximum absolute atomic E-state index is 10.9. The van der Waals surface area contributed by atoms with Crippen LogP contribution in [0.3, 0.4) is 0 Å². The average molecular weight is 314 g/mol. The van der Waals surface area contributed by atoms with E-state index in [1.165, 1.54) is 36.4 Å². The molecule has 116 valence electrons. The molecule has 2 aromatic carbocycles. The number of aldehydes is 2. The van der Waals surface area contributed by atoms with Crippen LogP contribution < -0.4 is 0 Å². The van der Waals surface area contributed by atoms with Gasteiger partial charge in [-0.3, -0.25) is 29.8 Å². The minimum absolute atomic E-state index is 0.0407. The summed E-state index contributed by atoms with van der Waals surface area (Å²) in [7, 11) is 0. The van der Waals surface area contributed by atoms with Crippen LogP contribution in [0, 0.1) is 20.2 Å². The summed E-state index contributed by atoms with van der Waals surface area (Å²) in [6.45, 7) is 0. The number of nitro benzene ring substituents is 2. The highest BCUT2D eigenvalue weighted by Gasteiger charge is 2.16. The van der Waals surface area contributed by atoms with Crippen LogP contribution in [0.1, 0.15) is 31.8 Å². The van der Waals surface area contributed by atoms with Crippen molar-refractivity contribution in [2.24, 2.45) is 0 Å². The van der Waals surface area contributed by atoms with Gasteiger partial charge in [-0.05, 0) is 29.7 Å². The molecule has 0 spiro atoms. The van der Waals surface area contributed by atoms with Crippen LogP contribution in [-0.2, 0) is 6.42 Å². The highest BCUT2D eigenvalue weighted by molar-refractivity contribution is 5.82. The zero-order valence-electron chi connectivity index (χ0n) is 11.7. The maximum Gasteiger partial charge on any atom is 0.280 e. The zero-order valence-corrected chi connectivity index (χ0v) is 11.7. The van der Waals surface area contributed by atoms with Gasteiger partial charge >= 0.3 is 0 Å². The quantitative estimate of drug-likeness (QED) is 0.459. The monoisotopic (exact) mass is 314 g/mol. The normalized spacial score (nSPS) is 10.1. The summed E-state index contributed by atoms with van der Waals surface area (Å²) < 4.78 is 0. The summed E-state index contributed by atoms with van der Waals surface area (Å²) in [5.74, 6) is 0. The first-order valence-electron chi connectivity index (χ1n) is 6.41. The number of benzene rings is 2. The van der Waals surface area contributed by atoms with Crippen molar-refractivity contribution >= 4 is 23.9 Å². The highest BCUT2D eigenvalue weighted by atomic mass is 16.6. The smallest absolute Gasteiger partial charge is 0.280 e. The van der Waals surface area contributed by atoms with E-state index < -0.39 is 9.85 Å². The minimum atomic E-state index is -0.662. The molecule has 0 aliphatic rings. The van der Waals surface area contributed by atoms with Gasteiger partial charge in [0.15, 0.2) is 12.6 Å². The molecule has 8 nitrogen and oxygen atoms in total. The Morgan fingerprint density at radius 1 is 0.783 bits per heavy atom. The van der Waals surface area contributed by atoms with E-state index in [4.69, 9.17) is 0 Å². The molecule has 0 atom stereocenters. The number of carbonyl (C=O) groups excluding carboxylic acids is 2. The lowest BCUT2D eigenvalue weighted by Crippen LogP contribution is -1.99. The van der Waals surface area contributed by atoms with Crippen LogP contribution in [0.25, 0.3) is 0 Å². The molecule has 0 amide bonds. The lowest BCUT2D eigenvalue weighted by atomic mass is 10.0. The largest absolute Gasteiger partial charge is 0.298 e. The van der Waals surface area contributed by atoms with Crippen molar-refractivity contribution in [3.8, 4) is 0 Å². The SMILES string of the molecule is O=Cc1ccc(Cc2ccc(C=O)c([N+](=O)[O-])c2)cc1[N+](=O)[O-]. The Morgan fingerprint density at radius 3 is 1.48 bits per heavy atom. The molecule has 0 aromatic heterocycles. The first kappa shape index (κ1) is 16.0. The lowest BCUT2D eigenvalue weighted by molar-refractivity contribution is -0.385. The van der Waals surface area contributed by atoms with E-state index in [0.29, 0.717) is 23.7 Å². The Labute approximate surface area is 129 Å². The molecular formula is C15H10N2O6. The molecule has 23 heavy (non-hydrogen) atoms. The van der Waals surface area contributed by atoms with Gasteiger partial charge in [0, 0.05) is 12.1 Å². The molecule has 0 radical (unpaired) electrons. The summed E-state index contributed by atoms with van der Waals surface area (Å²) in [5.41, 5.74) is 0.320. The van der Waals surface area contributed by atoms with Crippen molar-refractivity contribution in [3.63, 3.8) is 0 Å². The topological polar surface area (TPSA) is 120 Å². The van der Waals surface area contributed by atoms with Crippen LogP contribution in [0.15, 0.2) is 36.4 Å². The van der Waals surface area contributed by atoms with Gasteiger partial charge in [-0.1, -0.05) is 12.1 Å². The summed E-state index contributed by atoms with van der Waals surface area (Å²) >= 11 is 0. The maximum atomic E-state index is 10.9. The van der Waals surface area contributed by atoms with Crippen molar-refractivity contribution < 1.29 is 19.4 Å². The number of nitrogens with zero attached hydrogens (tertiary/aromatic N) is 2. The zero-order chi connectivity index (χ0) is 17.0. The second kappa shape index (κ2) is 6.56. The van der Waals surface area contributed by atoms with Crippen LogP contribution in [0.2, 0.25) is 0 Å². The molecule has 2 aromatic rings. The summed E-state index contributed by atoms with van der Waals surface area (Å²) in [5, 5.41) is 21.9. The molecule has 0 aliphatic carbocycles. The van der Waals surface area contributed by atoms with Crippen molar-refractivity contribution in [1.82, 2.24) is 0 Å². The minimum Gasteiger partial charge on any atom is -0.298 e. The summed E-state index contributed by atoms with van der Waals surface area (Å²) in [6, 6.07) is 8.24. The van der Waals surface area contributed by atoms with Gasteiger partial charge in [-0.15, -0.1) is 0 Å². The first-order valence-corrected chi connectivity index (χ1v) is 6.41. The van der Waals surface area contributed by atoms with Gasteiger partial charge in [0.05, 0.1) is 21.0 Å². The molecule has 0 saturated carbocycles. The Kier molecular flexibility index (Phi) is 4.55. The van der Waals surface area contributed by atoms with Gasteiger partial charge in [0.1, 0.15) is 0 Å².